The van der Waals surface area contributed by atoms with Crippen LogP contribution in [0.25, 0.3) is 0 Å². The Labute approximate surface area is 137 Å². The molecule has 24 heavy (non-hydrogen) atoms. The molecule has 2 rings (SSSR count). The molecule has 0 aliphatic carbocycles. The third kappa shape index (κ3) is 4.25. The van der Waals surface area contributed by atoms with E-state index in [1.807, 2.05) is 6.07 Å². The predicted molar refractivity (Wildman–Crippen MR) is 78.4 cm³/mol. The molecular weight excluding hydrogens is 323 g/mol. The number of nitrogens with one attached hydrogen (secondary N) is 1. The van der Waals surface area contributed by atoms with Crippen molar-refractivity contribution in [3.8, 4) is 6.07 Å². The van der Waals surface area contributed by atoms with Crippen molar-refractivity contribution in [2.24, 2.45) is 5.92 Å². The first-order valence-corrected chi connectivity index (χ1v) is 7.31. The maximum atomic E-state index is 12.4. The van der Waals surface area contributed by atoms with E-state index in [0.29, 0.717) is 10.5 Å². The number of nitriles is 1. The molecule has 0 spiro atoms. The molecule has 5 nitrogen and oxygen atoms in total. The van der Waals surface area contributed by atoms with Gasteiger partial charge in [-0.25, -0.2) is 0 Å². The van der Waals surface area contributed by atoms with E-state index in [-0.39, 0.29) is 13.0 Å². The Kier molecular flexibility index (Phi) is 5.12. The second-order valence-corrected chi connectivity index (χ2v) is 5.72. The summed E-state index contributed by atoms with van der Waals surface area (Å²) in [6.45, 7) is 0.126. The van der Waals surface area contributed by atoms with Gasteiger partial charge in [-0.2, -0.15) is 18.4 Å². The summed E-state index contributed by atoms with van der Waals surface area (Å²) in [4.78, 5) is 24.5. The molecule has 1 aromatic rings. The van der Waals surface area contributed by atoms with Crippen LogP contribution in [0.4, 0.5) is 13.2 Å². The van der Waals surface area contributed by atoms with Crippen LogP contribution < -0.4 is 5.32 Å². The molecule has 1 aromatic carbocycles. The lowest BCUT2D eigenvalue weighted by molar-refractivity contribution is -0.157. The average molecular weight is 339 g/mol. The number of carbonyl (C=O) groups excluding carboxylic acids is 2. The van der Waals surface area contributed by atoms with Crippen LogP contribution in [0, 0.1) is 24.2 Å². The number of nitrogens with zero attached hydrogens (tertiary/aromatic N) is 2. The maximum absolute atomic E-state index is 12.4. The van der Waals surface area contributed by atoms with Gasteiger partial charge in [-0.3, -0.25) is 9.59 Å². The Morgan fingerprint density at radius 2 is 2.12 bits per heavy atom. The average Bonchev–Trinajstić information content (AvgIpc) is 2.85. The summed E-state index contributed by atoms with van der Waals surface area (Å²) in [5.74, 6) is -2.19. The number of alkyl halides is 3. The first-order valence-electron chi connectivity index (χ1n) is 7.31. The lowest BCUT2D eigenvalue weighted by atomic mass is 10.0. The van der Waals surface area contributed by atoms with Crippen molar-refractivity contribution < 1.29 is 22.8 Å². The van der Waals surface area contributed by atoms with Gasteiger partial charge in [-0.15, -0.1) is 0 Å². The number of hydrogen-bond acceptors (Lipinski definition) is 3. The molecule has 0 radical (unpaired) electrons. The van der Waals surface area contributed by atoms with Gasteiger partial charge in [0.25, 0.3) is 0 Å². The molecule has 2 atom stereocenters. The summed E-state index contributed by atoms with van der Waals surface area (Å²) in [7, 11) is 0. The van der Waals surface area contributed by atoms with Gasteiger partial charge in [0.15, 0.2) is 0 Å². The molecule has 0 bridgehead atoms. The number of aryl methyl sites for hydroxylation is 1. The second-order valence-electron chi connectivity index (χ2n) is 5.72. The summed E-state index contributed by atoms with van der Waals surface area (Å²) in [6, 6.07) is 8.05. The first-order chi connectivity index (χ1) is 11.2. The highest BCUT2D eigenvalue weighted by molar-refractivity contribution is 5.89. The Hall–Kier alpha value is -2.56. The minimum absolute atomic E-state index is 0.284. The standard InChI is InChI=1S/C16H16F3N3O2/c1-10-4-2-3-5-12(10)13(7-20)21-15(24)11-6-14(23)22(8-11)9-16(17,18)19/h2-5,11,13H,6,8-9H2,1H3,(H,21,24). The molecule has 2 unspecified atom stereocenters. The molecule has 1 N–H and O–H groups in total. The molecule has 2 amide bonds. The molecule has 0 saturated carbocycles. The lowest BCUT2D eigenvalue weighted by Crippen LogP contribution is -2.38. The van der Waals surface area contributed by atoms with E-state index in [4.69, 9.17) is 0 Å². The van der Waals surface area contributed by atoms with Gasteiger partial charge < -0.3 is 10.2 Å². The Morgan fingerprint density at radius 3 is 2.71 bits per heavy atom. The molecule has 1 aliphatic heterocycles. The number of hydrogen-bond donors (Lipinski definition) is 1. The molecule has 1 aliphatic rings. The zero-order valence-corrected chi connectivity index (χ0v) is 12.9. The van der Waals surface area contributed by atoms with Crippen molar-refractivity contribution in [3.05, 3.63) is 35.4 Å². The zero-order chi connectivity index (χ0) is 17.9. The van der Waals surface area contributed by atoms with E-state index in [9.17, 15) is 28.0 Å². The lowest BCUT2D eigenvalue weighted by Gasteiger charge is -2.19. The summed E-state index contributed by atoms with van der Waals surface area (Å²) in [5.41, 5.74) is 1.43. The third-order valence-electron chi connectivity index (χ3n) is 3.87. The number of carbonyl (C=O) groups is 2. The van der Waals surface area contributed by atoms with Gasteiger partial charge in [0.1, 0.15) is 12.6 Å². The van der Waals surface area contributed by atoms with E-state index >= 15 is 0 Å². The first kappa shape index (κ1) is 17.8. The van der Waals surface area contributed by atoms with Crippen LogP contribution in [0.3, 0.4) is 0 Å². The van der Waals surface area contributed by atoms with Gasteiger partial charge >= 0.3 is 6.18 Å². The van der Waals surface area contributed by atoms with Crippen LogP contribution in [-0.4, -0.2) is 36.0 Å². The highest BCUT2D eigenvalue weighted by Gasteiger charge is 2.40. The minimum Gasteiger partial charge on any atom is -0.336 e. The van der Waals surface area contributed by atoms with Crippen LogP contribution in [0.1, 0.15) is 23.6 Å². The van der Waals surface area contributed by atoms with Crippen LogP contribution in [-0.2, 0) is 9.59 Å². The number of likely N-dealkylation sites (tertiary alicyclic amines) is 1. The van der Waals surface area contributed by atoms with E-state index < -0.39 is 36.5 Å². The Balaban J connectivity index is 2.04. The fraction of sp³-hybridized carbons (Fsp3) is 0.438. The van der Waals surface area contributed by atoms with E-state index in [1.165, 1.54) is 0 Å². The van der Waals surface area contributed by atoms with Crippen LogP contribution >= 0.6 is 0 Å². The van der Waals surface area contributed by atoms with Crippen LogP contribution in [0.5, 0.6) is 0 Å². The fourth-order valence-corrected chi connectivity index (χ4v) is 2.67. The van der Waals surface area contributed by atoms with Gasteiger partial charge in [0.05, 0.1) is 12.0 Å². The summed E-state index contributed by atoms with van der Waals surface area (Å²) in [5, 5.41) is 11.8. The van der Waals surface area contributed by atoms with Crippen LogP contribution in [0.15, 0.2) is 24.3 Å². The van der Waals surface area contributed by atoms with E-state index in [0.717, 1.165) is 5.56 Å². The fourth-order valence-electron chi connectivity index (χ4n) is 2.67. The smallest absolute Gasteiger partial charge is 0.336 e. The van der Waals surface area contributed by atoms with E-state index in [2.05, 4.69) is 5.32 Å². The maximum Gasteiger partial charge on any atom is 0.406 e. The second kappa shape index (κ2) is 6.91. The van der Waals surface area contributed by atoms with Gasteiger partial charge in [0, 0.05) is 13.0 Å². The summed E-state index contributed by atoms with van der Waals surface area (Å²) >= 11 is 0. The van der Waals surface area contributed by atoms with Gasteiger partial charge in [0.2, 0.25) is 11.8 Å². The largest absolute Gasteiger partial charge is 0.406 e. The molecule has 0 aromatic heterocycles. The Bertz CT molecular complexity index is 682. The summed E-state index contributed by atoms with van der Waals surface area (Å²) < 4.78 is 37.2. The molecule has 128 valence electrons. The van der Waals surface area contributed by atoms with Crippen molar-refractivity contribution in [1.29, 1.82) is 5.26 Å². The van der Waals surface area contributed by atoms with Crippen molar-refractivity contribution in [3.63, 3.8) is 0 Å². The van der Waals surface area contributed by atoms with Crippen LogP contribution in [0.2, 0.25) is 0 Å². The number of benzene rings is 1. The predicted octanol–water partition coefficient (Wildman–Crippen LogP) is 2.09. The monoisotopic (exact) mass is 339 g/mol. The van der Waals surface area contributed by atoms with Gasteiger partial charge in [-0.05, 0) is 18.1 Å². The summed E-state index contributed by atoms with van der Waals surface area (Å²) in [6.07, 6.45) is -4.79. The Morgan fingerprint density at radius 1 is 1.46 bits per heavy atom. The minimum atomic E-state index is -4.50. The molecule has 1 heterocycles. The SMILES string of the molecule is Cc1ccccc1C(C#N)NC(=O)C1CC(=O)N(CC(F)(F)F)C1. The van der Waals surface area contributed by atoms with E-state index in [1.54, 1.807) is 31.2 Å². The third-order valence-corrected chi connectivity index (χ3v) is 3.87. The number of amides is 2. The molecule has 8 heteroatoms. The molecule has 1 saturated heterocycles. The van der Waals surface area contributed by atoms with Gasteiger partial charge in [-0.1, -0.05) is 24.3 Å². The normalized spacial score (nSPS) is 19.0. The number of rotatable bonds is 4. The van der Waals surface area contributed by atoms with Crippen molar-refractivity contribution in [2.45, 2.75) is 25.6 Å². The molecule has 1 fully saturated rings. The van der Waals surface area contributed by atoms with Crippen molar-refractivity contribution in [2.75, 3.05) is 13.1 Å². The van der Waals surface area contributed by atoms with Crippen molar-refractivity contribution >= 4 is 11.8 Å². The van der Waals surface area contributed by atoms with Crippen molar-refractivity contribution in [1.82, 2.24) is 10.2 Å². The highest BCUT2D eigenvalue weighted by Crippen LogP contribution is 2.25. The number of halogens is 3. The molecular formula is C16H16F3N3O2. The highest BCUT2D eigenvalue weighted by atomic mass is 19.4. The zero-order valence-electron chi connectivity index (χ0n) is 12.9. The quantitative estimate of drug-likeness (QED) is 0.913. The topological polar surface area (TPSA) is 73.2 Å².